The van der Waals surface area contributed by atoms with E-state index in [1.165, 1.54) is 12.7 Å². The standard InChI is InChI=1S/C30H41N3O6.CH2O2/c1-29(2,3)38-27(35)31-25(26(34)37-7)23-13-11-22(12-14-23)24-10-8-9-21(19-24)20-32-15-17-33(18-16-32)28(36)39-30(4,5)6;2-1-3/h8-14,19,25H,15-18,20H2,1-7H3,(H,31,35);1H,(H,2,3)/t25-;/m1./s1. The Morgan fingerprint density at radius 1 is 0.905 bits per heavy atom. The number of carbonyl (C=O) groups is 4. The smallest absolute Gasteiger partial charge is 0.410 e. The Labute approximate surface area is 247 Å². The molecule has 3 rings (SSSR count). The lowest BCUT2D eigenvalue weighted by atomic mass is 9.99. The van der Waals surface area contributed by atoms with Crippen molar-refractivity contribution in [2.75, 3.05) is 33.3 Å². The molecule has 1 heterocycles. The maximum Gasteiger partial charge on any atom is 0.410 e. The molecule has 2 aromatic rings. The molecule has 0 aromatic heterocycles. The van der Waals surface area contributed by atoms with Gasteiger partial charge in [0.1, 0.15) is 11.2 Å². The van der Waals surface area contributed by atoms with Gasteiger partial charge < -0.3 is 29.5 Å². The fourth-order valence-electron chi connectivity index (χ4n) is 4.21. The summed E-state index contributed by atoms with van der Waals surface area (Å²) in [5.74, 6) is -0.581. The van der Waals surface area contributed by atoms with Crippen molar-refractivity contribution in [1.82, 2.24) is 15.1 Å². The molecule has 11 nitrogen and oxygen atoms in total. The van der Waals surface area contributed by atoms with Gasteiger partial charge in [-0.05, 0) is 69.9 Å². The normalized spacial score (nSPS) is 14.5. The number of piperazine rings is 1. The molecule has 0 spiro atoms. The summed E-state index contributed by atoms with van der Waals surface area (Å²) in [6.07, 6.45) is -0.954. The molecule has 1 atom stereocenters. The average Bonchev–Trinajstić information content (AvgIpc) is 2.90. The Bertz CT molecular complexity index is 1190. The predicted molar refractivity (Wildman–Crippen MR) is 158 cm³/mol. The van der Waals surface area contributed by atoms with E-state index < -0.39 is 29.3 Å². The zero-order chi connectivity index (χ0) is 31.5. The summed E-state index contributed by atoms with van der Waals surface area (Å²) in [5.41, 5.74) is 2.60. The van der Waals surface area contributed by atoms with Gasteiger partial charge in [-0.25, -0.2) is 14.4 Å². The van der Waals surface area contributed by atoms with Gasteiger partial charge in [0.2, 0.25) is 0 Å². The van der Waals surface area contributed by atoms with Crippen LogP contribution in [0.2, 0.25) is 0 Å². The van der Waals surface area contributed by atoms with Crippen molar-refractivity contribution in [2.45, 2.75) is 65.3 Å². The Kier molecular flexibility index (Phi) is 12.3. The molecule has 1 aliphatic rings. The minimum atomic E-state index is -0.982. The highest BCUT2D eigenvalue weighted by atomic mass is 16.6. The van der Waals surface area contributed by atoms with Crippen LogP contribution in [0, 0.1) is 0 Å². The monoisotopic (exact) mass is 585 g/mol. The van der Waals surface area contributed by atoms with Gasteiger partial charge in [0.25, 0.3) is 6.47 Å². The topological polar surface area (TPSA) is 135 Å². The quantitative estimate of drug-likeness (QED) is 0.277. The molecule has 0 saturated carbocycles. The molecule has 0 unspecified atom stereocenters. The Morgan fingerprint density at radius 2 is 1.48 bits per heavy atom. The lowest BCUT2D eigenvalue weighted by molar-refractivity contribution is -0.143. The number of nitrogens with one attached hydrogen (secondary N) is 1. The molecule has 1 fully saturated rings. The number of hydrogen-bond acceptors (Lipinski definition) is 8. The molecule has 0 aliphatic carbocycles. The zero-order valence-corrected chi connectivity index (χ0v) is 25.5. The zero-order valence-electron chi connectivity index (χ0n) is 25.5. The van der Waals surface area contributed by atoms with Gasteiger partial charge in [0.15, 0.2) is 6.04 Å². The van der Waals surface area contributed by atoms with Gasteiger partial charge in [0.05, 0.1) is 7.11 Å². The first-order valence-corrected chi connectivity index (χ1v) is 13.7. The van der Waals surface area contributed by atoms with E-state index in [0.29, 0.717) is 18.7 Å². The largest absolute Gasteiger partial charge is 0.483 e. The number of carbonyl (C=O) groups excluding carboxylic acids is 3. The maximum atomic E-state index is 12.4. The van der Waals surface area contributed by atoms with E-state index in [9.17, 15) is 14.4 Å². The van der Waals surface area contributed by atoms with E-state index in [1.54, 1.807) is 37.8 Å². The van der Waals surface area contributed by atoms with Crippen LogP contribution in [-0.4, -0.2) is 84.0 Å². The highest BCUT2D eigenvalue weighted by Gasteiger charge is 2.27. The maximum absolute atomic E-state index is 12.4. The summed E-state index contributed by atoms with van der Waals surface area (Å²) in [7, 11) is 1.28. The van der Waals surface area contributed by atoms with E-state index >= 15 is 0 Å². The lowest BCUT2D eigenvalue weighted by Gasteiger charge is -2.35. The number of rotatable bonds is 6. The van der Waals surface area contributed by atoms with Crippen LogP contribution in [0.5, 0.6) is 0 Å². The van der Waals surface area contributed by atoms with Gasteiger partial charge in [-0.1, -0.05) is 42.5 Å². The summed E-state index contributed by atoms with van der Waals surface area (Å²) >= 11 is 0. The second kappa shape index (κ2) is 15.2. The molecule has 2 N–H and O–H groups in total. The Hall–Kier alpha value is -4.12. The molecule has 11 heteroatoms. The Balaban J connectivity index is 0.00000197. The van der Waals surface area contributed by atoms with Gasteiger partial charge in [-0.15, -0.1) is 0 Å². The first-order chi connectivity index (χ1) is 19.7. The van der Waals surface area contributed by atoms with Gasteiger partial charge in [-0.3, -0.25) is 9.69 Å². The molecule has 0 radical (unpaired) electrons. The molecular weight excluding hydrogens is 542 g/mol. The first kappa shape index (κ1) is 34.1. The third kappa shape index (κ3) is 11.4. The number of nitrogens with zero attached hydrogens (tertiary/aromatic N) is 2. The molecule has 230 valence electrons. The molecule has 2 amide bonds. The van der Waals surface area contributed by atoms with E-state index in [2.05, 4.69) is 22.3 Å². The third-order valence-corrected chi connectivity index (χ3v) is 6.03. The second-order valence-electron chi connectivity index (χ2n) is 11.8. The van der Waals surface area contributed by atoms with E-state index in [4.69, 9.17) is 24.1 Å². The van der Waals surface area contributed by atoms with E-state index in [1.807, 2.05) is 45.0 Å². The SMILES string of the molecule is COC(=O)[C@H](NC(=O)OC(C)(C)C)c1ccc(-c2cccc(CN3CCN(C(=O)OC(C)(C)C)CC3)c2)cc1.O=CO. The van der Waals surface area contributed by atoms with Crippen molar-refractivity contribution in [3.63, 3.8) is 0 Å². The number of ether oxygens (including phenoxy) is 3. The van der Waals surface area contributed by atoms with Crippen LogP contribution in [0.1, 0.15) is 58.7 Å². The van der Waals surface area contributed by atoms with Crippen LogP contribution >= 0.6 is 0 Å². The van der Waals surface area contributed by atoms with Gasteiger partial charge >= 0.3 is 18.2 Å². The molecule has 0 bridgehead atoms. The minimum absolute atomic E-state index is 0.250. The number of carboxylic acid groups (broad SMARTS) is 1. The molecule has 42 heavy (non-hydrogen) atoms. The van der Waals surface area contributed by atoms with Crippen LogP contribution in [0.4, 0.5) is 9.59 Å². The van der Waals surface area contributed by atoms with Gasteiger partial charge in [-0.2, -0.15) is 0 Å². The summed E-state index contributed by atoms with van der Waals surface area (Å²) in [4.78, 5) is 49.5. The van der Waals surface area contributed by atoms with Crippen LogP contribution in [0.3, 0.4) is 0 Å². The molecular formula is C31H43N3O8. The summed E-state index contributed by atoms with van der Waals surface area (Å²) in [6.45, 7) is 14.2. The summed E-state index contributed by atoms with van der Waals surface area (Å²) < 4.78 is 15.7. The van der Waals surface area contributed by atoms with Crippen molar-refractivity contribution in [1.29, 1.82) is 0 Å². The molecule has 2 aromatic carbocycles. The number of alkyl carbamates (subject to hydrolysis) is 1. The van der Waals surface area contributed by atoms with Crippen molar-refractivity contribution in [3.05, 3.63) is 59.7 Å². The highest BCUT2D eigenvalue weighted by Crippen LogP contribution is 2.25. The second-order valence-corrected chi connectivity index (χ2v) is 11.8. The van der Waals surface area contributed by atoms with Crippen molar-refractivity contribution in [3.8, 4) is 11.1 Å². The van der Waals surface area contributed by atoms with Crippen molar-refractivity contribution in [2.24, 2.45) is 0 Å². The number of esters is 1. The van der Waals surface area contributed by atoms with Crippen LogP contribution in [-0.2, 0) is 30.3 Å². The van der Waals surface area contributed by atoms with E-state index in [-0.39, 0.29) is 12.6 Å². The fourth-order valence-corrected chi connectivity index (χ4v) is 4.21. The van der Waals surface area contributed by atoms with E-state index in [0.717, 1.165) is 30.8 Å². The van der Waals surface area contributed by atoms with Crippen molar-refractivity contribution < 1.29 is 38.5 Å². The third-order valence-electron chi connectivity index (χ3n) is 6.03. The highest BCUT2D eigenvalue weighted by molar-refractivity contribution is 5.83. The van der Waals surface area contributed by atoms with Gasteiger partial charge in [0, 0.05) is 32.7 Å². The number of benzene rings is 2. The van der Waals surface area contributed by atoms with Crippen LogP contribution in [0.15, 0.2) is 48.5 Å². The Morgan fingerprint density at radius 3 is 2.00 bits per heavy atom. The van der Waals surface area contributed by atoms with Crippen molar-refractivity contribution >= 4 is 24.6 Å². The lowest BCUT2D eigenvalue weighted by Crippen LogP contribution is -2.49. The first-order valence-electron chi connectivity index (χ1n) is 13.7. The average molecular weight is 586 g/mol. The van der Waals surface area contributed by atoms with Crippen LogP contribution in [0.25, 0.3) is 11.1 Å². The van der Waals surface area contributed by atoms with Crippen LogP contribution < -0.4 is 5.32 Å². The number of hydrogen-bond donors (Lipinski definition) is 2. The summed E-state index contributed by atoms with van der Waals surface area (Å²) in [6, 6.07) is 14.8. The number of amides is 2. The minimum Gasteiger partial charge on any atom is -0.483 e. The molecule has 1 aliphatic heterocycles. The number of methoxy groups -OCH3 is 1. The molecule has 1 saturated heterocycles. The fraction of sp³-hybridized carbons (Fsp3) is 0.484. The summed E-state index contributed by atoms with van der Waals surface area (Å²) in [5, 5.41) is 9.49. The predicted octanol–water partition coefficient (Wildman–Crippen LogP) is 4.85.